The minimum absolute atomic E-state index is 0.0557. The third-order valence-electron chi connectivity index (χ3n) is 4.49. The number of rotatable bonds is 6. The van der Waals surface area contributed by atoms with Crippen LogP contribution in [0.3, 0.4) is 0 Å². The van der Waals surface area contributed by atoms with Crippen LogP contribution in [-0.2, 0) is 25.7 Å². The van der Waals surface area contributed by atoms with E-state index < -0.39 is 24.4 Å². The van der Waals surface area contributed by atoms with E-state index in [2.05, 4.69) is 5.32 Å². The number of amides is 2. The Kier molecular flexibility index (Phi) is 6.47. The number of anilines is 1. The quantitative estimate of drug-likeness (QED) is 0.737. The number of benzene rings is 2. The maximum Gasteiger partial charge on any atom is 0.311 e. The molecule has 1 fully saturated rings. The lowest BCUT2D eigenvalue weighted by Gasteiger charge is -2.16. The highest BCUT2D eigenvalue weighted by atomic mass is 35.5. The molecule has 0 bridgehead atoms. The lowest BCUT2D eigenvalue weighted by Crippen LogP contribution is -2.28. The molecule has 0 spiro atoms. The molecule has 2 aromatic carbocycles. The zero-order chi connectivity index (χ0) is 20.8. The summed E-state index contributed by atoms with van der Waals surface area (Å²) in [4.78, 5) is 38.1. The number of carbonyl (C=O) groups is 3. The Bertz CT molecular complexity index is 972. The monoisotopic (exact) mass is 411 g/mol. The Morgan fingerprint density at radius 2 is 2.00 bits per heavy atom. The van der Waals surface area contributed by atoms with E-state index >= 15 is 0 Å². The third kappa shape index (κ3) is 5.33. The highest BCUT2D eigenvalue weighted by Gasteiger charge is 2.35. The van der Waals surface area contributed by atoms with Crippen LogP contribution in [0.2, 0.25) is 5.02 Å². The molecule has 0 aromatic heterocycles. The van der Waals surface area contributed by atoms with Gasteiger partial charge in [-0.2, -0.15) is 5.26 Å². The van der Waals surface area contributed by atoms with Gasteiger partial charge < -0.3 is 15.0 Å². The smallest absolute Gasteiger partial charge is 0.311 e. The molecule has 3 rings (SSSR count). The molecule has 148 valence electrons. The third-order valence-corrected chi connectivity index (χ3v) is 4.72. The molecular formula is C21H18ClN3O4. The number of carbonyl (C=O) groups excluding carboxylic acids is 3. The summed E-state index contributed by atoms with van der Waals surface area (Å²) in [6.07, 6.45) is 0.0557. The van der Waals surface area contributed by atoms with Crippen molar-refractivity contribution in [1.82, 2.24) is 4.90 Å². The van der Waals surface area contributed by atoms with Crippen LogP contribution in [0.1, 0.15) is 17.5 Å². The van der Waals surface area contributed by atoms with Crippen LogP contribution in [0.5, 0.6) is 0 Å². The largest absolute Gasteiger partial charge is 0.455 e. The second-order valence-electron chi connectivity index (χ2n) is 6.62. The van der Waals surface area contributed by atoms with Crippen molar-refractivity contribution in [2.75, 3.05) is 18.5 Å². The molecule has 1 aliphatic heterocycles. The standard InChI is InChI=1S/C21H18ClN3O4/c22-17-7-6-15(10-23)18(9-17)24-19(26)13-29-21(28)16-8-20(27)25(12-16)11-14-4-2-1-3-5-14/h1-7,9,16H,8,11-13H2,(H,24,26)/t16-/m0/s1. The van der Waals surface area contributed by atoms with Crippen molar-refractivity contribution in [3.8, 4) is 6.07 Å². The van der Waals surface area contributed by atoms with Crippen LogP contribution in [0.15, 0.2) is 48.5 Å². The SMILES string of the molecule is N#Cc1ccc(Cl)cc1NC(=O)COC(=O)[C@H]1CC(=O)N(Cc2ccccc2)C1. The number of nitriles is 1. The predicted molar refractivity (Wildman–Crippen MR) is 106 cm³/mol. The molecule has 29 heavy (non-hydrogen) atoms. The van der Waals surface area contributed by atoms with Crippen molar-refractivity contribution < 1.29 is 19.1 Å². The van der Waals surface area contributed by atoms with E-state index in [9.17, 15) is 14.4 Å². The van der Waals surface area contributed by atoms with Gasteiger partial charge in [0.2, 0.25) is 5.91 Å². The predicted octanol–water partition coefficient (Wildman–Crippen LogP) is 2.74. The summed E-state index contributed by atoms with van der Waals surface area (Å²) in [6, 6.07) is 15.9. The van der Waals surface area contributed by atoms with Crippen LogP contribution in [0.4, 0.5) is 5.69 Å². The summed E-state index contributed by atoms with van der Waals surface area (Å²) >= 11 is 5.87. The number of hydrogen-bond acceptors (Lipinski definition) is 5. The maximum absolute atomic E-state index is 12.3. The molecule has 1 N–H and O–H groups in total. The van der Waals surface area contributed by atoms with Crippen molar-refractivity contribution in [3.63, 3.8) is 0 Å². The topological polar surface area (TPSA) is 99.5 Å². The molecule has 0 aliphatic carbocycles. The number of hydrogen-bond donors (Lipinski definition) is 1. The van der Waals surface area contributed by atoms with E-state index in [0.717, 1.165) is 5.56 Å². The van der Waals surface area contributed by atoms with Crippen molar-refractivity contribution in [1.29, 1.82) is 5.26 Å². The number of esters is 1. The molecule has 2 amide bonds. The van der Waals surface area contributed by atoms with Gasteiger partial charge in [-0.15, -0.1) is 0 Å². The van der Waals surface area contributed by atoms with Gasteiger partial charge >= 0.3 is 5.97 Å². The van der Waals surface area contributed by atoms with Crippen LogP contribution < -0.4 is 5.32 Å². The average Bonchev–Trinajstić information content (AvgIpc) is 3.07. The van der Waals surface area contributed by atoms with Gasteiger partial charge in [-0.25, -0.2) is 0 Å². The van der Waals surface area contributed by atoms with Gasteiger partial charge in [0.05, 0.1) is 17.2 Å². The van der Waals surface area contributed by atoms with Gasteiger partial charge in [0.1, 0.15) is 6.07 Å². The second-order valence-corrected chi connectivity index (χ2v) is 7.05. The zero-order valence-corrected chi connectivity index (χ0v) is 16.2. The van der Waals surface area contributed by atoms with Crippen molar-refractivity contribution in [2.45, 2.75) is 13.0 Å². The molecule has 8 heteroatoms. The van der Waals surface area contributed by atoms with Crippen LogP contribution in [0, 0.1) is 17.2 Å². The number of halogens is 1. The fourth-order valence-corrected chi connectivity index (χ4v) is 3.22. The summed E-state index contributed by atoms with van der Waals surface area (Å²) in [7, 11) is 0. The average molecular weight is 412 g/mol. The van der Waals surface area contributed by atoms with Crippen LogP contribution >= 0.6 is 11.6 Å². The Morgan fingerprint density at radius 1 is 1.24 bits per heavy atom. The van der Waals surface area contributed by atoms with E-state index in [-0.39, 0.29) is 30.1 Å². The van der Waals surface area contributed by atoms with Crippen molar-refractivity contribution >= 4 is 35.1 Å². The molecule has 7 nitrogen and oxygen atoms in total. The zero-order valence-electron chi connectivity index (χ0n) is 15.4. The van der Waals surface area contributed by atoms with Gasteiger partial charge in [-0.05, 0) is 23.8 Å². The Labute approximate surface area is 172 Å². The molecule has 1 aliphatic rings. The first kappa shape index (κ1) is 20.4. The number of nitrogens with zero attached hydrogens (tertiary/aromatic N) is 2. The maximum atomic E-state index is 12.3. The molecule has 1 saturated heterocycles. The first-order valence-electron chi connectivity index (χ1n) is 8.94. The van der Waals surface area contributed by atoms with Crippen LogP contribution in [-0.4, -0.2) is 35.8 Å². The van der Waals surface area contributed by atoms with E-state index in [1.807, 2.05) is 36.4 Å². The molecule has 1 heterocycles. The highest BCUT2D eigenvalue weighted by Crippen LogP contribution is 2.22. The first-order chi connectivity index (χ1) is 14.0. The first-order valence-corrected chi connectivity index (χ1v) is 9.32. The van der Waals surface area contributed by atoms with Gasteiger partial charge in [-0.1, -0.05) is 41.9 Å². The van der Waals surface area contributed by atoms with Gasteiger partial charge in [0, 0.05) is 24.5 Å². The summed E-state index contributed by atoms with van der Waals surface area (Å²) < 4.78 is 5.06. The number of ether oxygens (including phenoxy) is 1. The molecule has 2 aromatic rings. The van der Waals surface area contributed by atoms with Gasteiger partial charge in [0.25, 0.3) is 5.91 Å². The normalized spacial score (nSPS) is 15.7. The van der Waals surface area contributed by atoms with Gasteiger partial charge in [0.15, 0.2) is 6.61 Å². The Balaban J connectivity index is 1.51. The lowest BCUT2D eigenvalue weighted by atomic mass is 10.1. The molecule has 1 atom stereocenters. The highest BCUT2D eigenvalue weighted by molar-refractivity contribution is 6.31. The summed E-state index contributed by atoms with van der Waals surface area (Å²) in [5, 5.41) is 11.9. The minimum Gasteiger partial charge on any atom is -0.455 e. The van der Waals surface area contributed by atoms with E-state index in [0.29, 0.717) is 11.6 Å². The molecule has 0 unspecified atom stereocenters. The number of likely N-dealkylation sites (tertiary alicyclic amines) is 1. The fraction of sp³-hybridized carbons (Fsp3) is 0.238. The van der Waals surface area contributed by atoms with Gasteiger partial charge in [-0.3, -0.25) is 14.4 Å². The summed E-state index contributed by atoms with van der Waals surface area (Å²) in [5.41, 5.74) is 1.46. The molecule has 0 radical (unpaired) electrons. The Morgan fingerprint density at radius 3 is 2.72 bits per heavy atom. The lowest BCUT2D eigenvalue weighted by molar-refractivity contribution is -0.151. The fourth-order valence-electron chi connectivity index (χ4n) is 3.04. The molecular weight excluding hydrogens is 394 g/mol. The summed E-state index contributed by atoms with van der Waals surface area (Å²) in [6.45, 7) is 0.163. The van der Waals surface area contributed by atoms with Crippen molar-refractivity contribution in [2.24, 2.45) is 5.92 Å². The van der Waals surface area contributed by atoms with Crippen molar-refractivity contribution in [3.05, 3.63) is 64.7 Å². The second kappa shape index (κ2) is 9.22. The van der Waals surface area contributed by atoms with E-state index in [1.54, 1.807) is 4.90 Å². The van der Waals surface area contributed by atoms with Crippen LogP contribution in [0.25, 0.3) is 0 Å². The summed E-state index contributed by atoms with van der Waals surface area (Å²) in [5.74, 6) is -1.93. The number of nitrogens with one attached hydrogen (secondary N) is 1. The van der Waals surface area contributed by atoms with E-state index in [4.69, 9.17) is 21.6 Å². The Hall–Kier alpha value is -3.37. The molecule has 0 saturated carbocycles. The minimum atomic E-state index is -0.611. The van der Waals surface area contributed by atoms with E-state index in [1.165, 1.54) is 18.2 Å².